The minimum Gasteiger partial charge on any atom is -0.386 e. The van der Waals surface area contributed by atoms with Gasteiger partial charge in [-0.3, -0.25) is 0 Å². The van der Waals surface area contributed by atoms with Gasteiger partial charge in [-0.15, -0.1) is 0 Å². The van der Waals surface area contributed by atoms with E-state index in [1.165, 1.54) is 12.1 Å². The van der Waals surface area contributed by atoms with Crippen LogP contribution in [0, 0.1) is 5.82 Å². The van der Waals surface area contributed by atoms with Gasteiger partial charge in [-0.1, -0.05) is 42.5 Å². The first kappa shape index (κ1) is 15.0. The summed E-state index contributed by atoms with van der Waals surface area (Å²) < 4.78 is 13.4. The van der Waals surface area contributed by atoms with E-state index in [4.69, 9.17) is 0 Å². The Kier molecular flexibility index (Phi) is 4.90. The first-order valence-electron chi connectivity index (χ1n) is 6.63. The lowest BCUT2D eigenvalue weighted by Gasteiger charge is -2.21. The van der Waals surface area contributed by atoms with Gasteiger partial charge in [0.2, 0.25) is 0 Å². The normalized spacial score (nSPS) is 13.3. The van der Waals surface area contributed by atoms with Crippen molar-refractivity contribution in [3.05, 3.63) is 66.0 Å². The molecule has 2 amide bonds. The molecular weight excluding hydrogens is 271 g/mol. The molecule has 0 fully saturated rings. The molecule has 3 N–H and O–H groups in total. The van der Waals surface area contributed by atoms with Crippen LogP contribution in [-0.4, -0.2) is 17.2 Å². The van der Waals surface area contributed by atoms with Gasteiger partial charge in [0.1, 0.15) is 5.82 Å². The monoisotopic (exact) mass is 288 g/mol. The minimum absolute atomic E-state index is 0.0939. The minimum atomic E-state index is -0.836. The van der Waals surface area contributed by atoms with E-state index in [0.717, 1.165) is 0 Å². The lowest BCUT2D eigenvalue weighted by atomic mass is 10.0. The van der Waals surface area contributed by atoms with Crippen molar-refractivity contribution < 1.29 is 14.3 Å². The van der Waals surface area contributed by atoms with Crippen molar-refractivity contribution in [3.8, 4) is 0 Å². The van der Waals surface area contributed by atoms with E-state index in [9.17, 15) is 14.3 Å². The number of aliphatic hydroxyl groups is 1. The Morgan fingerprint density at radius 3 is 2.38 bits per heavy atom. The quantitative estimate of drug-likeness (QED) is 0.809. The van der Waals surface area contributed by atoms with E-state index >= 15 is 0 Å². The molecule has 0 aliphatic rings. The van der Waals surface area contributed by atoms with E-state index in [-0.39, 0.29) is 5.69 Å². The highest BCUT2D eigenvalue weighted by Crippen LogP contribution is 2.16. The molecule has 0 saturated carbocycles. The molecule has 5 heteroatoms. The molecule has 0 aliphatic heterocycles. The first-order valence-corrected chi connectivity index (χ1v) is 6.63. The first-order chi connectivity index (χ1) is 10.1. The van der Waals surface area contributed by atoms with Crippen molar-refractivity contribution >= 4 is 11.7 Å². The standard InChI is InChI=1S/C16H17FN2O2/c1-11(15(20)12-7-3-2-4-8-12)18-16(21)19-14-10-6-5-9-13(14)17/h2-11,15,20H,1H3,(H2,18,19,21)/t11-,15+/m0/s1. The van der Waals surface area contributed by atoms with Gasteiger partial charge in [0, 0.05) is 0 Å². The van der Waals surface area contributed by atoms with Gasteiger partial charge in [0.25, 0.3) is 0 Å². The van der Waals surface area contributed by atoms with Crippen LogP contribution in [0.5, 0.6) is 0 Å². The summed E-state index contributed by atoms with van der Waals surface area (Å²) in [4.78, 5) is 11.8. The molecule has 110 valence electrons. The molecule has 0 spiro atoms. The fourth-order valence-corrected chi connectivity index (χ4v) is 1.95. The zero-order valence-electron chi connectivity index (χ0n) is 11.6. The topological polar surface area (TPSA) is 61.4 Å². The van der Waals surface area contributed by atoms with Crippen molar-refractivity contribution in [1.29, 1.82) is 0 Å². The number of benzene rings is 2. The lowest BCUT2D eigenvalue weighted by Crippen LogP contribution is -2.39. The Hall–Kier alpha value is -2.40. The third-order valence-corrected chi connectivity index (χ3v) is 3.10. The second-order valence-corrected chi connectivity index (χ2v) is 4.72. The summed E-state index contributed by atoms with van der Waals surface area (Å²) in [6.45, 7) is 1.68. The Balaban J connectivity index is 1.95. The van der Waals surface area contributed by atoms with Gasteiger partial charge in [-0.05, 0) is 24.6 Å². The van der Waals surface area contributed by atoms with Crippen LogP contribution in [0.4, 0.5) is 14.9 Å². The lowest BCUT2D eigenvalue weighted by molar-refractivity contribution is 0.139. The molecule has 0 unspecified atom stereocenters. The molecule has 21 heavy (non-hydrogen) atoms. The van der Waals surface area contributed by atoms with Crippen LogP contribution in [0.25, 0.3) is 0 Å². The molecule has 0 saturated heterocycles. The molecule has 0 aliphatic carbocycles. The number of rotatable bonds is 4. The Labute approximate surface area is 122 Å². The summed E-state index contributed by atoms with van der Waals surface area (Å²) >= 11 is 0. The number of urea groups is 1. The van der Waals surface area contributed by atoms with Crippen molar-refractivity contribution in [1.82, 2.24) is 5.32 Å². The predicted molar refractivity (Wildman–Crippen MR) is 79.4 cm³/mol. The predicted octanol–water partition coefficient (Wildman–Crippen LogP) is 3.07. The zero-order valence-corrected chi connectivity index (χ0v) is 11.6. The summed E-state index contributed by atoms with van der Waals surface area (Å²) in [5.74, 6) is -0.510. The molecule has 2 aromatic rings. The van der Waals surface area contributed by atoms with Crippen LogP contribution in [0.1, 0.15) is 18.6 Å². The second-order valence-electron chi connectivity index (χ2n) is 4.72. The molecule has 2 rings (SSSR count). The van der Waals surface area contributed by atoms with E-state index < -0.39 is 24.0 Å². The van der Waals surface area contributed by atoms with E-state index in [1.807, 2.05) is 18.2 Å². The number of carbonyl (C=O) groups is 1. The molecule has 4 nitrogen and oxygen atoms in total. The fourth-order valence-electron chi connectivity index (χ4n) is 1.95. The summed E-state index contributed by atoms with van der Waals surface area (Å²) in [7, 11) is 0. The molecular formula is C16H17FN2O2. The van der Waals surface area contributed by atoms with Gasteiger partial charge in [-0.2, -0.15) is 0 Å². The van der Waals surface area contributed by atoms with E-state index in [0.29, 0.717) is 5.56 Å². The number of anilines is 1. The highest BCUT2D eigenvalue weighted by atomic mass is 19.1. The Morgan fingerprint density at radius 1 is 1.10 bits per heavy atom. The molecule has 2 aromatic carbocycles. The number of nitrogens with one attached hydrogen (secondary N) is 2. The van der Waals surface area contributed by atoms with E-state index in [1.54, 1.807) is 31.2 Å². The highest BCUT2D eigenvalue weighted by Gasteiger charge is 2.18. The van der Waals surface area contributed by atoms with Crippen LogP contribution in [0.2, 0.25) is 0 Å². The zero-order chi connectivity index (χ0) is 15.2. The van der Waals surface area contributed by atoms with Crippen LogP contribution in [0.15, 0.2) is 54.6 Å². The highest BCUT2D eigenvalue weighted by molar-refractivity contribution is 5.89. The van der Waals surface area contributed by atoms with Crippen molar-refractivity contribution in [3.63, 3.8) is 0 Å². The molecule has 0 heterocycles. The maximum absolute atomic E-state index is 13.4. The molecule has 0 bridgehead atoms. The number of aliphatic hydroxyl groups excluding tert-OH is 1. The van der Waals surface area contributed by atoms with Crippen molar-refractivity contribution in [2.24, 2.45) is 0 Å². The average molecular weight is 288 g/mol. The SMILES string of the molecule is C[C@H](NC(=O)Nc1ccccc1F)[C@@H](O)c1ccccc1. The van der Waals surface area contributed by atoms with Gasteiger partial charge >= 0.3 is 6.03 Å². The van der Waals surface area contributed by atoms with Crippen molar-refractivity contribution in [2.75, 3.05) is 5.32 Å². The largest absolute Gasteiger partial charge is 0.386 e. The number of hydrogen-bond acceptors (Lipinski definition) is 2. The van der Waals surface area contributed by atoms with Crippen LogP contribution < -0.4 is 10.6 Å². The van der Waals surface area contributed by atoms with E-state index in [2.05, 4.69) is 10.6 Å². The number of carbonyl (C=O) groups excluding carboxylic acids is 1. The third-order valence-electron chi connectivity index (χ3n) is 3.10. The van der Waals surface area contributed by atoms with Crippen molar-refractivity contribution in [2.45, 2.75) is 19.1 Å². The smallest absolute Gasteiger partial charge is 0.319 e. The van der Waals surface area contributed by atoms with Gasteiger partial charge in [0.15, 0.2) is 0 Å². The van der Waals surface area contributed by atoms with Crippen LogP contribution >= 0.6 is 0 Å². The van der Waals surface area contributed by atoms with Gasteiger partial charge < -0.3 is 15.7 Å². The maximum atomic E-state index is 13.4. The van der Waals surface area contributed by atoms with Gasteiger partial charge in [-0.25, -0.2) is 9.18 Å². The van der Waals surface area contributed by atoms with Crippen LogP contribution in [0.3, 0.4) is 0 Å². The summed E-state index contributed by atoms with van der Waals surface area (Å²) in [6.07, 6.45) is -0.836. The molecule has 0 radical (unpaired) electrons. The fraction of sp³-hybridized carbons (Fsp3) is 0.188. The van der Waals surface area contributed by atoms with Gasteiger partial charge in [0.05, 0.1) is 17.8 Å². The number of amides is 2. The average Bonchev–Trinajstić information content (AvgIpc) is 2.49. The Bertz CT molecular complexity index is 604. The molecule has 0 aromatic heterocycles. The Morgan fingerprint density at radius 2 is 1.71 bits per heavy atom. The maximum Gasteiger partial charge on any atom is 0.319 e. The number of halogens is 1. The summed E-state index contributed by atoms with van der Waals surface area (Å²) in [5.41, 5.74) is 0.799. The number of para-hydroxylation sites is 1. The third kappa shape index (κ3) is 4.03. The summed E-state index contributed by atoms with van der Waals surface area (Å²) in [5, 5.41) is 15.1. The second kappa shape index (κ2) is 6.85. The number of hydrogen-bond donors (Lipinski definition) is 3. The van der Waals surface area contributed by atoms with Crippen LogP contribution in [-0.2, 0) is 0 Å². The summed E-state index contributed by atoms with van der Waals surface area (Å²) in [6, 6.07) is 13.8. The molecule has 2 atom stereocenters.